The molecule has 5 rings (SSSR count). The fourth-order valence-electron chi connectivity index (χ4n) is 3.99. The molecule has 0 saturated carbocycles. The average molecular weight is 408 g/mol. The van der Waals surface area contributed by atoms with Crippen LogP contribution in [0.4, 0.5) is 19.1 Å². The highest BCUT2D eigenvalue weighted by atomic mass is 19.3. The predicted octanol–water partition coefficient (Wildman–Crippen LogP) is 2.55. The zero-order valence-corrected chi connectivity index (χ0v) is 15.7. The molecule has 0 amide bonds. The molecule has 1 unspecified atom stereocenters. The van der Waals surface area contributed by atoms with Crippen molar-refractivity contribution >= 4 is 22.5 Å². The summed E-state index contributed by atoms with van der Waals surface area (Å²) in [5.74, 6) is 0.215. The Balaban J connectivity index is 1.47. The van der Waals surface area contributed by atoms with Crippen LogP contribution in [0.3, 0.4) is 0 Å². The van der Waals surface area contributed by atoms with Gasteiger partial charge < -0.3 is 15.2 Å². The van der Waals surface area contributed by atoms with Gasteiger partial charge in [0.25, 0.3) is 0 Å². The Kier molecular flexibility index (Phi) is 3.83. The van der Waals surface area contributed by atoms with Gasteiger partial charge in [0, 0.05) is 24.9 Å². The Hall–Kier alpha value is -2.82. The maximum absolute atomic E-state index is 14.2. The van der Waals surface area contributed by atoms with Crippen molar-refractivity contribution in [3.8, 4) is 11.5 Å². The third-order valence-corrected chi connectivity index (χ3v) is 5.26. The smallest absolute Gasteiger partial charge is 0.395 e. The van der Waals surface area contributed by atoms with E-state index in [1.807, 2.05) is 0 Å². The molecule has 2 aliphatic heterocycles. The molecule has 1 aromatic carbocycles. The first-order valence-corrected chi connectivity index (χ1v) is 9.36. The number of aromatic nitrogens is 4. The van der Waals surface area contributed by atoms with Gasteiger partial charge in [0.05, 0.1) is 0 Å². The van der Waals surface area contributed by atoms with Crippen LogP contribution in [0.15, 0.2) is 12.1 Å². The molecule has 1 atom stereocenters. The monoisotopic (exact) mass is 408 g/mol. The maximum Gasteiger partial charge on any atom is 0.586 e. The lowest BCUT2D eigenvalue weighted by molar-refractivity contribution is -0.286. The van der Waals surface area contributed by atoms with Crippen molar-refractivity contribution in [1.29, 1.82) is 0 Å². The second-order valence-electron chi connectivity index (χ2n) is 7.73. The Morgan fingerprint density at radius 1 is 1.21 bits per heavy atom. The van der Waals surface area contributed by atoms with Crippen LogP contribution < -0.4 is 15.2 Å². The molecule has 4 heterocycles. The molecule has 0 radical (unpaired) electrons. The van der Waals surface area contributed by atoms with E-state index in [-0.39, 0.29) is 23.0 Å². The van der Waals surface area contributed by atoms with Gasteiger partial charge in [0.1, 0.15) is 11.2 Å². The van der Waals surface area contributed by atoms with Crippen molar-refractivity contribution in [3.05, 3.63) is 18.0 Å². The van der Waals surface area contributed by atoms with Gasteiger partial charge in [-0.15, -0.1) is 13.9 Å². The molecule has 3 aromatic rings. The van der Waals surface area contributed by atoms with E-state index >= 15 is 0 Å². The molecule has 1 fully saturated rings. The summed E-state index contributed by atoms with van der Waals surface area (Å²) in [7, 11) is 0. The van der Waals surface area contributed by atoms with Crippen LogP contribution >= 0.6 is 0 Å². The van der Waals surface area contributed by atoms with Crippen LogP contribution in [0.25, 0.3) is 16.6 Å². The van der Waals surface area contributed by atoms with E-state index in [9.17, 15) is 13.2 Å². The Labute approximate surface area is 163 Å². The molecule has 154 valence electrons. The van der Waals surface area contributed by atoms with Crippen LogP contribution in [0.5, 0.6) is 11.5 Å². The predicted molar refractivity (Wildman–Crippen MR) is 97.8 cm³/mol. The van der Waals surface area contributed by atoms with Crippen LogP contribution in [0, 0.1) is 0 Å². The molecule has 0 bridgehead atoms. The standard InChI is InChI=1S/C18H19F3N6O2/c1-17(19)6-2-7-26(9-17)8-5-12-23-15-10-3-4-11-14(29-18(20,21)28-11)13(10)24-16(22)27(15)25-12/h3-4H,2,5-9H2,1H3,(H2,22,24). The molecule has 29 heavy (non-hydrogen) atoms. The summed E-state index contributed by atoms with van der Waals surface area (Å²) in [4.78, 5) is 10.7. The van der Waals surface area contributed by atoms with E-state index in [1.54, 1.807) is 13.0 Å². The first-order valence-electron chi connectivity index (χ1n) is 9.36. The van der Waals surface area contributed by atoms with Crippen LogP contribution in [-0.2, 0) is 6.42 Å². The number of hydrogen-bond acceptors (Lipinski definition) is 7. The Bertz CT molecular complexity index is 1120. The van der Waals surface area contributed by atoms with Gasteiger partial charge in [-0.1, -0.05) is 0 Å². The number of alkyl halides is 3. The van der Waals surface area contributed by atoms with Gasteiger partial charge in [-0.3, -0.25) is 4.90 Å². The number of piperidine rings is 1. The van der Waals surface area contributed by atoms with Crippen LogP contribution in [-0.4, -0.2) is 56.1 Å². The Morgan fingerprint density at radius 3 is 2.83 bits per heavy atom. The molecule has 2 N–H and O–H groups in total. The molecule has 0 spiro atoms. The van der Waals surface area contributed by atoms with Crippen molar-refractivity contribution in [3.63, 3.8) is 0 Å². The number of hydrogen-bond donors (Lipinski definition) is 1. The highest BCUT2D eigenvalue weighted by Gasteiger charge is 2.45. The average Bonchev–Trinajstić information content (AvgIpc) is 3.19. The number of fused-ring (bicyclic) bond motifs is 5. The number of anilines is 1. The fraction of sp³-hybridized carbons (Fsp3) is 0.500. The summed E-state index contributed by atoms with van der Waals surface area (Å²) < 4.78 is 51.5. The third-order valence-electron chi connectivity index (χ3n) is 5.26. The first-order chi connectivity index (χ1) is 13.7. The number of nitrogens with two attached hydrogens (primary N) is 1. The second-order valence-corrected chi connectivity index (χ2v) is 7.73. The quantitative estimate of drug-likeness (QED) is 0.712. The Morgan fingerprint density at radius 2 is 2.03 bits per heavy atom. The lowest BCUT2D eigenvalue weighted by atomic mass is 9.97. The van der Waals surface area contributed by atoms with E-state index in [0.717, 1.165) is 13.0 Å². The summed E-state index contributed by atoms with van der Waals surface area (Å²) in [5.41, 5.74) is 5.32. The van der Waals surface area contributed by atoms with Gasteiger partial charge in [0.15, 0.2) is 23.0 Å². The number of halogens is 3. The lowest BCUT2D eigenvalue weighted by Crippen LogP contribution is -2.44. The summed E-state index contributed by atoms with van der Waals surface area (Å²) in [6, 6.07) is 2.94. The maximum atomic E-state index is 14.2. The molecule has 2 aromatic heterocycles. The molecule has 0 aliphatic carbocycles. The SMILES string of the molecule is CC1(F)CCCN(CCc2nc3c4ccc5c(c4nc(N)n3n2)OC(F)(F)O5)C1. The minimum Gasteiger partial charge on any atom is -0.395 e. The van der Waals surface area contributed by atoms with Crippen LogP contribution in [0.2, 0.25) is 0 Å². The van der Waals surface area contributed by atoms with Gasteiger partial charge in [-0.05, 0) is 38.4 Å². The van der Waals surface area contributed by atoms with Crippen molar-refractivity contribution < 1.29 is 22.6 Å². The fourth-order valence-corrected chi connectivity index (χ4v) is 3.99. The number of ether oxygens (including phenoxy) is 2. The highest BCUT2D eigenvalue weighted by Crippen LogP contribution is 2.45. The van der Waals surface area contributed by atoms with Gasteiger partial charge in [-0.2, -0.15) is 4.52 Å². The second kappa shape index (κ2) is 6.09. The van der Waals surface area contributed by atoms with E-state index in [0.29, 0.717) is 42.8 Å². The summed E-state index contributed by atoms with van der Waals surface area (Å²) in [6.07, 6.45) is -1.87. The lowest BCUT2D eigenvalue weighted by Gasteiger charge is -2.34. The topological polar surface area (TPSA) is 90.8 Å². The van der Waals surface area contributed by atoms with E-state index in [2.05, 4.69) is 29.4 Å². The van der Waals surface area contributed by atoms with Gasteiger partial charge in [0.2, 0.25) is 5.95 Å². The number of nitrogen functional groups attached to an aromatic ring is 1. The van der Waals surface area contributed by atoms with Crippen molar-refractivity contribution in [2.24, 2.45) is 0 Å². The van der Waals surface area contributed by atoms with E-state index in [1.165, 1.54) is 10.6 Å². The number of benzene rings is 1. The van der Waals surface area contributed by atoms with E-state index in [4.69, 9.17) is 5.73 Å². The summed E-state index contributed by atoms with van der Waals surface area (Å²) in [5, 5.41) is 4.85. The molecule has 2 aliphatic rings. The molecule has 1 saturated heterocycles. The molecular formula is C18H19F3N6O2. The van der Waals surface area contributed by atoms with Crippen molar-refractivity contribution in [1.82, 2.24) is 24.5 Å². The first kappa shape index (κ1) is 18.2. The third kappa shape index (κ3) is 3.18. The highest BCUT2D eigenvalue weighted by molar-refractivity contribution is 5.97. The number of rotatable bonds is 3. The largest absolute Gasteiger partial charge is 0.586 e. The summed E-state index contributed by atoms with van der Waals surface area (Å²) >= 11 is 0. The molecular weight excluding hydrogens is 389 g/mol. The van der Waals surface area contributed by atoms with Crippen LogP contribution in [0.1, 0.15) is 25.6 Å². The summed E-state index contributed by atoms with van der Waals surface area (Å²) in [6.45, 7) is 3.44. The zero-order chi connectivity index (χ0) is 20.4. The minimum atomic E-state index is -3.75. The van der Waals surface area contributed by atoms with Crippen molar-refractivity contribution in [2.75, 3.05) is 25.4 Å². The normalized spacial score (nSPS) is 23.9. The van der Waals surface area contributed by atoms with Crippen molar-refractivity contribution in [2.45, 2.75) is 38.1 Å². The number of nitrogens with zero attached hydrogens (tertiary/aromatic N) is 5. The van der Waals surface area contributed by atoms with Gasteiger partial charge in [-0.25, -0.2) is 14.4 Å². The van der Waals surface area contributed by atoms with E-state index < -0.39 is 12.0 Å². The molecule has 8 nitrogen and oxygen atoms in total. The minimum absolute atomic E-state index is 0.00669. The van der Waals surface area contributed by atoms with Gasteiger partial charge >= 0.3 is 6.29 Å². The molecule has 11 heteroatoms. The zero-order valence-electron chi connectivity index (χ0n) is 15.7. The number of likely N-dealkylation sites (tertiary alicyclic amines) is 1.